The van der Waals surface area contributed by atoms with Gasteiger partial charge in [-0.15, -0.1) is 0 Å². The van der Waals surface area contributed by atoms with Gasteiger partial charge in [0.1, 0.15) is 5.76 Å². The van der Waals surface area contributed by atoms with Crippen molar-refractivity contribution in [1.29, 1.82) is 0 Å². The van der Waals surface area contributed by atoms with Crippen molar-refractivity contribution in [2.75, 3.05) is 7.11 Å². The second kappa shape index (κ2) is 9.09. The Balaban J connectivity index is 4.85. The monoisotopic (exact) mass is 236 g/mol. The maximum Gasteiger partial charge on any atom is 0.114 e. The molecule has 0 aliphatic rings. The van der Waals surface area contributed by atoms with E-state index in [0.717, 1.165) is 24.5 Å². The molecular weight excluding hydrogens is 208 g/mol. The highest BCUT2D eigenvalue weighted by Gasteiger charge is 2.04. The third-order valence-corrected chi connectivity index (χ3v) is 3.31. The highest BCUT2D eigenvalue weighted by molar-refractivity contribution is 5.29. The Morgan fingerprint density at radius 3 is 2.29 bits per heavy atom. The molecule has 0 aromatic heterocycles. The van der Waals surface area contributed by atoms with Gasteiger partial charge in [0, 0.05) is 0 Å². The lowest BCUT2D eigenvalue weighted by Gasteiger charge is -2.12. The predicted molar refractivity (Wildman–Crippen MR) is 77.0 cm³/mol. The van der Waals surface area contributed by atoms with Gasteiger partial charge in [-0.2, -0.15) is 0 Å². The van der Waals surface area contributed by atoms with E-state index in [1.165, 1.54) is 17.6 Å². The van der Waals surface area contributed by atoms with Gasteiger partial charge in [0.2, 0.25) is 0 Å². The van der Waals surface area contributed by atoms with E-state index < -0.39 is 0 Å². The molecule has 1 nitrogen and oxygen atoms in total. The number of rotatable bonds is 7. The van der Waals surface area contributed by atoms with Gasteiger partial charge in [0.25, 0.3) is 0 Å². The van der Waals surface area contributed by atoms with E-state index in [2.05, 4.69) is 39.8 Å². The summed E-state index contributed by atoms with van der Waals surface area (Å²) in [5, 5.41) is 0. The lowest BCUT2D eigenvalue weighted by atomic mass is 9.94. The second-order valence-corrected chi connectivity index (χ2v) is 4.61. The molecule has 0 aromatic rings. The van der Waals surface area contributed by atoms with E-state index in [0.29, 0.717) is 0 Å². The first-order valence-corrected chi connectivity index (χ1v) is 6.65. The minimum Gasteiger partial charge on any atom is -0.497 e. The van der Waals surface area contributed by atoms with Gasteiger partial charge in [0.05, 0.1) is 7.11 Å². The van der Waals surface area contributed by atoms with Gasteiger partial charge in [-0.05, 0) is 50.3 Å². The molecule has 98 valence electrons. The number of methoxy groups -OCH3 is 1. The molecular formula is C16H28O. The number of hydrogen-bond acceptors (Lipinski definition) is 1. The van der Waals surface area contributed by atoms with Crippen LogP contribution in [0.3, 0.4) is 0 Å². The van der Waals surface area contributed by atoms with Gasteiger partial charge in [-0.3, -0.25) is 0 Å². The van der Waals surface area contributed by atoms with Crippen LogP contribution < -0.4 is 0 Å². The van der Waals surface area contributed by atoms with Crippen LogP contribution in [0.15, 0.2) is 35.1 Å². The highest BCUT2D eigenvalue weighted by Crippen LogP contribution is 2.21. The highest BCUT2D eigenvalue weighted by atomic mass is 16.5. The number of hydrogen-bond donors (Lipinski definition) is 0. The number of allylic oxidation sites excluding steroid dienone is 5. The Morgan fingerprint density at radius 1 is 1.24 bits per heavy atom. The molecule has 1 unspecified atom stereocenters. The summed E-state index contributed by atoms with van der Waals surface area (Å²) in [5.74, 6) is 1.67. The topological polar surface area (TPSA) is 9.23 Å². The van der Waals surface area contributed by atoms with Crippen LogP contribution >= 0.6 is 0 Å². The van der Waals surface area contributed by atoms with Crippen molar-refractivity contribution in [3.8, 4) is 0 Å². The maximum atomic E-state index is 5.25. The van der Waals surface area contributed by atoms with Gasteiger partial charge in [-0.1, -0.05) is 38.8 Å². The third-order valence-electron chi connectivity index (χ3n) is 3.31. The molecule has 1 heteroatoms. The van der Waals surface area contributed by atoms with Crippen LogP contribution in [-0.2, 0) is 4.74 Å². The van der Waals surface area contributed by atoms with Crippen molar-refractivity contribution < 1.29 is 4.74 Å². The fourth-order valence-electron chi connectivity index (χ4n) is 1.60. The summed E-state index contributed by atoms with van der Waals surface area (Å²) < 4.78 is 5.25. The molecule has 17 heavy (non-hydrogen) atoms. The van der Waals surface area contributed by atoms with E-state index >= 15 is 0 Å². The molecule has 0 radical (unpaired) electrons. The zero-order valence-electron chi connectivity index (χ0n) is 12.3. The van der Waals surface area contributed by atoms with E-state index in [9.17, 15) is 0 Å². The average molecular weight is 236 g/mol. The molecule has 0 N–H and O–H groups in total. The Bertz CT molecular complexity index is 295. The fourth-order valence-corrected chi connectivity index (χ4v) is 1.60. The molecule has 0 bridgehead atoms. The molecule has 0 amide bonds. The lowest BCUT2D eigenvalue weighted by molar-refractivity contribution is 0.306. The van der Waals surface area contributed by atoms with Crippen LogP contribution in [0, 0.1) is 5.92 Å². The van der Waals surface area contributed by atoms with Crippen LogP contribution in [0.25, 0.3) is 0 Å². The van der Waals surface area contributed by atoms with Gasteiger partial charge in [0.15, 0.2) is 0 Å². The Kier molecular flexibility index (Phi) is 8.57. The van der Waals surface area contributed by atoms with E-state index in [4.69, 9.17) is 4.74 Å². The van der Waals surface area contributed by atoms with Crippen LogP contribution in [0.2, 0.25) is 0 Å². The van der Waals surface area contributed by atoms with Crippen molar-refractivity contribution in [2.24, 2.45) is 5.92 Å². The van der Waals surface area contributed by atoms with Gasteiger partial charge < -0.3 is 4.74 Å². The first-order chi connectivity index (χ1) is 8.08. The fraction of sp³-hybridized carbons (Fsp3) is 0.625. The van der Waals surface area contributed by atoms with Crippen molar-refractivity contribution >= 4 is 0 Å². The van der Waals surface area contributed by atoms with Crippen molar-refractivity contribution in [1.82, 2.24) is 0 Å². The van der Waals surface area contributed by atoms with Gasteiger partial charge in [-0.25, -0.2) is 0 Å². The van der Waals surface area contributed by atoms with Crippen LogP contribution in [0.1, 0.15) is 53.9 Å². The summed E-state index contributed by atoms with van der Waals surface area (Å²) in [6, 6.07) is 0. The quantitative estimate of drug-likeness (QED) is 0.433. The Morgan fingerprint density at radius 2 is 1.88 bits per heavy atom. The van der Waals surface area contributed by atoms with Crippen LogP contribution in [-0.4, -0.2) is 7.11 Å². The maximum absolute atomic E-state index is 5.25. The lowest BCUT2D eigenvalue weighted by Crippen LogP contribution is -1.96. The summed E-state index contributed by atoms with van der Waals surface area (Å²) in [4.78, 5) is 0. The first kappa shape index (κ1) is 16.0. The number of ether oxygens (including phenoxy) is 1. The summed E-state index contributed by atoms with van der Waals surface area (Å²) in [6.07, 6.45) is 9.77. The second-order valence-electron chi connectivity index (χ2n) is 4.61. The zero-order valence-corrected chi connectivity index (χ0v) is 12.3. The van der Waals surface area contributed by atoms with E-state index in [1.54, 1.807) is 7.11 Å². The Hall–Kier alpha value is -0.980. The molecule has 0 aromatic carbocycles. The van der Waals surface area contributed by atoms with Gasteiger partial charge >= 0.3 is 0 Å². The SMILES string of the molecule is C/C=C(\C=C/C(CC(C)CC)=C(C)CC)OC. The Labute approximate surface area is 107 Å². The summed E-state index contributed by atoms with van der Waals surface area (Å²) >= 11 is 0. The molecule has 0 spiro atoms. The van der Waals surface area contributed by atoms with Crippen LogP contribution in [0.4, 0.5) is 0 Å². The average Bonchev–Trinajstić information content (AvgIpc) is 2.37. The smallest absolute Gasteiger partial charge is 0.114 e. The molecule has 0 heterocycles. The third kappa shape index (κ3) is 6.35. The molecule has 0 saturated heterocycles. The van der Waals surface area contributed by atoms with Crippen molar-refractivity contribution in [2.45, 2.75) is 53.9 Å². The molecule has 1 atom stereocenters. The molecule has 0 aliphatic carbocycles. The van der Waals surface area contributed by atoms with Crippen LogP contribution in [0.5, 0.6) is 0 Å². The molecule has 0 saturated carbocycles. The summed E-state index contributed by atoms with van der Waals surface area (Å²) in [5.41, 5.74) is 2.94. The molecule has 0 fully saturated rings. The minimum absolute atomic E-state index is 0.743. The molecule has 0 rings (SSSR count). The zero-order chi connectivity index (χ0) is 13.3. The molecule has 0 aliphatic heterocycles. The standard InChI is InChI=1S/C16H28O/c1-7-13(4)12-15(14(5)8-2)10-11-16(9-3)17-6/h9-11,13H,7-8,12H2,1-6H3/b11-10-,15-14?,16-9+. The van der Waals surface area contributed by atoms with E-state index in [1.807, 2.05) is 13.0 Å². The normalized spacial score (nSPS) is 16.0. The first-order valence-electron chi connectivity index (χ1n) is 6.65. The largest absolute Gasteiger partial charge is 0.497 e. The van der Waals surface area contributed by atoms with Crippen molar-refractivity contribution in [3.05, 3.63) is 35.1 Å². The predicted octanol–water partition coefficient (Wildman–Crippen LogP) is 5.26. The van der Waals surface area contributed by atoms with Crippen molar-refractivity contribution in [3.63, 3.8) is 0 Å². The summed E-state index contributed by atoms with van der Waals surface area (Å²) in [6.45, 7) is 11.0. The van der Waals surface area contributed by atoms with E-state index in [-0.39, 0.29) is 0 Å². The summed E-state index contributed by atoms with van der Waals surface area (Å²) in [7, 11) is 1.71. The minimum atomic E-state index is 0.743.